The summed E-state index contributed by atoms with van der Waals surface area (Å²) in [5.74, 6) is 0. The number of hydrogen-bond acceptors (Lipinski definition) is 4. The molecule has 0 unspecified atom stereocenters. The summed E-state index contributed by atoms with van der Waals surface area (Å²) in [4.78, 5) is 8.42. The van der Waals surface area contributed by atoms with Gasteiger partial charge in [-0.2, -0.15) is 4.98 Å². The summed E-state index contributed by atoms with van der Waals surface area (Å²) >= 11 is 0. The highest BCUT2D eigenvalue weighted by atomic mass is 16.5. The van der Waals surface area contributed by atoms with Crippen LogP contribution >= 0.6 is 0 Å². The van der Waals surface area contributed by atoms with E-state index < -0.39 is 0 Å². The van der Waals surface area contributed by atoms with Crippen molar-refractivity contribution < 1.29 is 9.47 Å². The Labute approximate surface area is 94.2 Å². The average Bonchev–Trinajstić information content (AvgIpc) is 2.35. The third kappa shape index (κ3) is 2.46. The first-order valence-corrected chi connectivity index (χ1v) is 5.17. The topological polar surface area (TPSA) is 44.2 Å². The van der Waals surface area contributed by atoms with E-state index in [9.17, 15) is 0 Å². The maximum atomic E-state index is 5.42. The van der Waals surface area contributed by atoms with Crippen molar-refractivity contribution in [1.29, 1.82) is 0 Å². The van der Waals surface area contributed by atoms with Gasteiger partial charge in [-0.05, 0) is 13.0 Å². The number of rotatable bonds is 4. The van der Waals surface area contributed by atoms with Gasteiger partial charge in [-0.1, -0.05) is 18.2 Å². The predicted molar refractivity (Wildman–Crippen MR) is 61.5 cm³/mol. The summed E-state index contributed by atoms with van der Waals surface area (Å²) in [7, 11) is 1.65. The van der Waals surface area contributed by atoms with Crippen LogP contribution in [0.2, 0.25) is 0 Å². The number of ether oxygens (including phenoxy) is 2. The molecule has 4 nitrogen and oxygen atoms in total. The van der Waals surface area contributed by atoms with Gasteiger partial charge >= 0.3 is 6.01 Å². The second-order valence-corrected chi connectivity index (χ2v) is 3.57. The molecule has 1 atom stereocenters. The lowest BCUT2D eigenvalue weighted by molar-refractivity contribution is 0.0681. The second kappa shape index (κ2) is 4.90. The Hall–Kier alpha value is -1.68. The number of para-hydroxylation sites is 1. The molecule has 0 bridgehead atoms. The van der Waals surface area contributed by atoms with Crippen molar-refractivity contribution in [2.75, 3.05) is 13.7 Å². The molecule has 0 aliphatic rings. The highest BCUT2D eigenvalue weighted by molar-refractivity contribution is 5.77. The van der Waals surface area contributed by atoms with Crippen molar-refractivity contribution >= 4 is 10.9 Å². The molecule has 0 saturated heterocycles. The molecular formula is C12H14N2O2. The monoisotopic (exact) mass is 218 g/mol. The molecule has 16 heavy (non-hydrogen) atoms. The Morgan fingerprint density at radius 2 is 2.12 bits per heavy atom. The SMILES string of the molecule is CO[C@@H](C)COc1ncc2ccccc2n1. The van der Waals surface area contributed by atoms with Gasteiger partial charge in [-0.25, -0.2) is 4.98 Å². The summed E-state index contributed by atoms with van der Waals surface area (Å²) in [5.41, 5.74) is 0.887. The van der Waals surface area contributed by atoms with Gasteiger partial charge in [0.1, 0.15) is 6.61 Å². The standard InChI is InChI=1S/C12H14N2O2/c1-9(15-2)8-16-12-13-7-10-5-3-4-6-11(10)14-12/h3-7,9H,8H2,1-2H3/t9-/m0/s1. The van der Waals surface area contributed by atoms with E-state index in [1.165, 1.54) is 0 Å². The van der Waals surface area contributed by atoms with Crippen LogP contribution in [0, 0.1) is 0 Å². The smallest absolute Gasteiger partial charge is 0.317 e. The Bertz CT molecular complexity index is 473. The summed E-state index contributed by atoms with van der Waals surface area (Å²) in [6.07, 6.45) is 1.80. The first-order chi connectivity index (χ1) is 7.79. The van der Waals surface area contributed by atoms with Gasteiger partial charge in [0.25, 0.3) is 0 Å². The molecule has 0 radical (unpaired) electrons. The maximum Gasteiger partial charge on any atom is 0.317 e. The van der Waals surface area contributed by atoms with E-state index in [-0.39, 0.29) is 6.10 Å². The van der Waals surface area contributed by atoms with Crippen LogP contribution in [0.25, 0.3) is 10.9 Å². The summed E-state index contributed by atoms with van der Waals surface area (Å²) < 4.78 is 10.5. The van der Waals surface area contributed by atoms with Crippen LogP contribution in [0.15, 0.2) is 30.5 Å². The van der Waals surface area contributed by atoms with E-state index in [0.717, 1.165) is 10.9 Å². The zero-order valence-electron chi connectivity index (χ0n) is 9.38. The van der Waals surface area contributed by atoms with Crippen LogP contribution in [0.3, 0.4) is 0 Å². The van der Waals surface area contributed by atoms with Crippen LogP contribution in [0.4, 0.5) is 0 Å². The molecule has 1 aromatic carbocycles. The van der Waals surface area contributed by atoms with Crippen molar-refractivity contribution in [2.24, 2.45) is 0 Å². The molecule has 2 aromatic rings. The minimum Gasteiger partial charge on any atom is -0.461 e. The normalized spacial score (nSPS) is 12.6. The van der Waals surface area contributed by atoms with Gasteiger partial charge in [0.05, 0.1) is 11.6 Å². The number of fused-ring (bicyclic) bond motifs is 1. The number of methoxy groups -OCH3 is 1. The molecule has 0 aliphatic carbocycles. The molecule has 1 aromatic heterocycles. The average molecular weight is 218 g/mol. The van der Waals surface area contributed by atoms with Crippen molar-refractivity contribution in [3.05, 3.63) is 30.5 Å². The molecular weight excluding hydrogens is 204 g/mol. The Morgan fingerprint density at radius 3 is 2.94 bits per heavy atom. The number of nitrogens with zero attached hydrogens (tertiary/aromatic N) is 2. The van der Waals surface area contributed by atoms with E-state index in [1.54, 1.807) is 13.3 Å². The maximum absolute atomic E-state index is 5.42. The molecule has 1 heterocycles. The van der Waals surface area contributed by atoms with Crippen LogP contribution < -0.4 is 4.74 Å². The molecule has 2 rings (SSSR count). The quantitative estimate of drug-likeness (QED) is 0.787. The molecule has 0 fully saturated rings. The molecule has 0 N–H and O–H groups in total. The summed E-state index contributed by atoms with van der Waals surface area (Å²) in [6, 6.07) is 8.19. The lowest BCUT2D eigenvalue weighted by Crippen LogP contribution is -2.16. The van der Waals surface area contributed by atoms with Gasteiger partial charge in [0, 0.05) is 18.7 Å². The van der Waals surface area contributed by atoms with E-state index in [4.69, 9.17) is 9.47 Å². The number of aromatic nitrogens is 2. The Morgan fingerprint density at radius 1 is 1.31 bits per heavy atom. The van der Waals surface area contributed by atoms with Crippen molar-refractivity contribution in [3.63, 3.8) is 0 Å². The minimum absolute atomic E-state index is 0.0371. The van der Waals surface area contributed by atoms with E-state index in [1.807, 2.05) is 31.2 Å². The van der Waals surface area contributed by atoms with Crippen molar-refractivity contribution in [3.8, 4) is 6.01 Å². The molecule has 4 heteroatoms. The van der Waals surface area contributed by atoms with Crippen LogP contribution in [-0.2, 0) is 4.74 Å². The minimum atomic E-state index is 0.0371. The van der Waals surface area contributed by atoms with Crippen LogP contribution in [0.1, 0.15) is 6.92 Å². The zero-order valence-corrected chi connectivity index (χ0v) is 9.38. The summed E-state index contributed by atoms with van der Waals surface area (Å²) in [5, 5.41) is 1.01. The van der Waals surface area contributed by atoms with Gasteiger partial charge < -0.3 is 9.47 Å². The fourth-order valence-corrected chi connectivity index (χ4v) is 1.28. The summed E-state index contributed by atoms with van der Waals surface area (Å²) in [6.45, 7) is 2.38. The lowest BCUT2D eigenvalue weighted by Gasteiger charge is -2.09. The first kappa shape index (κ1) is 10.8. The lowest BCUT2D eigenvalue weighted by atomic mass is 10.2. The molecule has 0 spiro atoms. The fraction of sp³-hybridized carbons (Fsp3) is 0.333. The largest absolute Gasteiger partial charge is 0.461 e. The third-order valence-corrected chi connectivity index (χ3v) is 2.32. The molecule has 84 valence electrons. The van der Waals surface area contributed by atoms with Crippen molar-refractivity contribution in [2.45, 2.75) is 13.0 Å². The Kier molecular flexibility index (Phi) is 3.31. The fourth-order valence-electron chi connectivity index (χ4n) is 1.28. The molecule has 0 amide bonds. The molecule has 0 saturated carbocycles. The highest BCUT2D eigenvalue weighted by Gasteiger charge is 2.03. The first-order valence-electron chi connectivity index (χ1n) is 5.17. The predicted octanol–water partition coefficient (Wildman–Crippen LogP) is 2.04. The van der Waals surface area contributed by atoms with E-state index >= 15 is 0 Å². The van der Waals surface area contributed by atoms with Gasteiger partial charge in [0.15, 0.2) is 0 Å². The second-order valence-electron chi connectivity index (χ2n) is 3.57. The third-order valence-electron chi connectivity index (χ3n) is 2.32. The van der Waals surface area contributed by atoms with Gasteiger partial charge in [0.2, 0.25) is 0 Å². The highest BCUT2D eigenvalue weighted by Crippen LogP contribution is 2.12. The van der Waals surface area contributed by atoms with Crippen LogP contribution in [0.5, 0.6) is 6.01 Å². The van der Waals surface area contributed by atoms with Gasteiger partial charge in [-0.15, -0.1) is 0 Å². The Balaban J connectivity index is 2.13. The van der Waals surface area contributed by atoms with Crippen LogP contribution in [-0.4, -0.2) is 29.8 Å². The van der Waals surface area contributed by atoms with E-state index in [2.05, 4.69) is 9.97 Å². The number of benzene rings is 1. The van der Waals surface area contributed by atoms with Crippen molar-refractivity contribution in [1.82, 2.24) is 9.97 Å². The van der Waals surface area contributed by atoms with E-state index in [0.29, 0.717) is 12.6 Å². The zero-order chi connectivity index (χ0) is 11.4. The number of hydrogen-bond donors (Lipinski definition) is 0. The molecule has 0 aliphatic heterocycles. The van der Waals surface area contributed by atoms with Gasteiger partial charge in [-0.3, -0.25) is 0 Å².